The minimum absolute atomic E-state index is 0.247. The van der Waals surface area contributed by atoms with Gasteiger partial charge in [0.05, 0.1) is 25.2 Å². The third kappa shape index (κ3) is 5.20. The van der Waals surface area contributed by atoms with E-state index < -0.39 is 0 Å². The van der Waals surface area contributed by atoms with Crippen LogP contribution in [0.3, 0.4) is 0 Å². The molecule has 0 saturated heterocycles. The van der Waals surface area contributed by atoms with Gasteiger partial charge in [-0.25, -0.2) is 0 Å². The molecule has 0 heterocycles. The lowest BCUT2D eigenvalue weighted by molar-refractivity contribution is 0.112. The second-order valence-electron chi connectivity index (χ2n) is 5.00. The average Bonchev–Trinajstić information content (AvgIpc) is 2.39. The van der Waals surface area contributed by atoms with E-state index in [-0.39, 0.29) is 5.41 Å². The SMILES string of the molecule is COc1ccc(COCCCC(C)(C)C#N)cc1. The normalized spacial score (nSPS) is 11.0. The van der Waals surface area contributed by atoms with Crippen molar-refractivity contribution in [3.05, 3.63) is 29.8 Å². The molecule has 0 saturated carbocycles. The summed E-state index contributed by atoms with van der Waals surface area (Å²) < 4.78 is 10.7. The zero-order valence-electron chi connectivity index (χ0n) is 11.4. The molecule has 0 fully saturated rings. The lowest BCUT2D eigenvalue weighted by Gasteiger charge is -2.14. The number of ether oxygens (including phenoxy) is 2. The summed E-state index contributed by atoms with van der Waals surface area (Å²) in [6.45, 7) is 5.21. The molecule has 1 aromatic rings. The highest BCUT2D eigenvalue weighted by atomic mass is 16.5. The number of nitrogens with zero attached hydrogens (tertiary/aromatic N) is 1. The molecule has 0 aromatic heterocycles. The predicted octanol–water partition coefficient (Wildman–Crippen LogP) is 3.54. The first-order chi connectivity index (χ1) is 8.57. The third-order valence-corrected chi connectivity index (χ3v) is 2.82. The number of nitriles is 1. The second kappa shape index (κ2) is 7.03. The Bertz CT molecular complexity index is 390. The molecule has 0 bridgehead atoms. The Morgan fingerprint density at radius 1 is 1.22 bits per heavy atom. The summed E-state index contributed by atoms with van der Waals surface area (Å²) in [6.07, 6.45) is 1.78. The van der Waals surface area contributed by atoms with Gasteiger partial charge in [-0.15, -0.1) is 0 Å². The molecule has 0 aliphatic rings. The van der Waals surface area contributed by atoms with E-state index in [1.54, 1.807) is 7.11 Å². The molecule has 98 valence electrons. The van der Waals surface area contributed by atoms with E-state index in [0.717, 1.165) is 24.2 Å². The Kier molecular flexibility index (Phi) is 5.67. The van der Waals surface area contributed by atoms with Gasteiger partial charge >= 0.3 is 0 Å². The van der Waals surface area contributed by atoms with Crippen molar-refractivity contribution < 1.29 is 9.47 Å². The van der Waals surface area contributed by atoms with Crippen molar-refractivity contribution in [2.24, 2.45) is 5.41 Å². The highest BCUT2D eigenvalue weighted by Crippen LogP contribution is 2.20. The molecular weight excluding hydrogens is 226 g/mol. The van der Waals surface area contributed by atoms with Gasteiger partial charge in [-0.2, -0.15) is 5.26 Å². The van der Waals surface area contributed by atoms with Gasteiger partial charge < -0.3 is 9.47 Å². The van der Waals surface area contributed by atoms with Crippen molar-refractivity contribution in [2.45, 2.75) is 33.3 Å². The molecule has 0 aliphatic heterocycles. The lowest BCUT2D eigenvalue weighted by Crippen LogP contribution is -2.09. The number of hydrogen-bond acceptors (Lipinski definition) is 3. The number of methoxy groups -OCH3 is 1. The van der Waals surface area contributed by atoms with E-state index in [4.69, 9.17) is 14.7 Å². The first-order valence-electron chi connectivity index (χ1n) is 6.19. The number of rotatable bonds is 7. The Balaban J connectivity index is 2.20. The van der Waals surface area contributed by atoms with Gasteiger partial charge in [0.25, 0.3) is 0 Å². The Morgan fingerprint density at radius 3 is 2.44 bits per heavy atom. The number of hydrogen-bond donors (Lipinski definition) is 0. The van der Waals surface area contributed by atoms with Crippen LogP contribution >= 0.6 is 0 Å². The number of benzene rings is 1. The molecule has 0 aliphatic carbocycles. The van der Waals surface area contributed by atoms with E-state index >= 15 is 0 Å². The van der Waals surface area contributed by atoms with E-state index in [2.05, 4.69) is 6.07 Å². The Morgan fingerprint density at radius 2 is 1.89 bits per heavy atom. The monoisotopic (exact) mass is 247 g/mol. The van der Waals surface area contributed by atoms with Crippen molar-refractivity contribution in [3.8, 4) is 11.8 Å². The first-order valence-corrected chi connectivity index (χ1v) is 6.19. The van der Waals surface area contributed by atoms with Gasteiger partial charge in [0, 0.05) is 6.61 Å². The standard InChI is InChI=1S/C15H21NO2/c1-15(2,12-16)9-4-10-18-11-13-5-7-14(17-3)8-6-13/h5-8H,4,9-11H2,1-3H3. The van der Waals surface area contributed by atoms with Crippen LogP contribution in [-0.2, 0) is 11.3 Å². The molecule has 3 heteroatoms. The highest BCUT2D eigenvalue weighted by molar-refractivity contribution is 5.26. The van der Waals surface area contributed by atoms with E-state index in [9.17, 15) is 0 Å². The molecule has 1 aromatic carbocycles. The van der Waals surface area contributed by atoms with Crippen molar-refractivity contribution >= 4 is 0 Å². The van der Waals surface area contributed by atoms with Crippen molar-refractivity contribution in [1.29, 1.82) is 5.26 Å². The van der Waals surface area contributed by atoms with Crippen LogP contribution in [0.1, 0.15) is 32.3 Å². The predicted molar refractivity (Wildman–Crippen MR) is 71.3 cm³/mol. The fourth-order valence-corrected chi connectivity index (χ4v) is 1.58. The summed E-state index contributed by atoms with van der Waals surface area (Å²) in [5, 5.41) is 8.88. The summed E-state index contributed by atoms with van der Waals surface area (Å²) >= 11 is 0. The van der Waals surface area contributed by atoms with Crippen LogP contribution in [0.4, 0.5) is 0 Å². The van der Waals surface area contributed by atoms with Crippen molar-refractivity contribution in [2.75, 3.05) is 13.7 Å². The van der Waals surface area contributed by atoms with Crippen LogP contribution in [0.25, 0.3) is 0 Å². The van der Waals surface area contributed by atoms with Gasteiger partial charge in [0.2, 0.25) is 0 Å². The van der Waals surface area contributed by atoms with Crippen LogP contribution in [0.15, 0.2) is 24.3 Å². The van der Waals surface area contributed by atoms with Gasteiger partial charge in [0.1, 0.15) is 5.75 Å². The largest absolute Gasteiger partial charge is 0.497 e. The Labute approximate surface area is 109 Å². The van der Waals surface area contributed by atoms with E-state index in [0.29, 0.717) is 13.2 Å². The van der Waals surface area contributed by atoms with Gasteiger partial charge in [-0.1, -0.05) is 12.1 Å². The molecule has 1 rings (SSSR count). The molecule has 0 amide bonds. The van der Waals surface area contributed by atoms with Crippen LogP contribution in [0, 0.1) is 16.7 Å². The zero-order chi connectivity index (χ0) is 13.4. The van der Waals surface area contributed by atoms with E-state index in [1.807, 2.05) is 38.1 Å². The quantitative estimate of drug-likeness (QED) is 0.692. The Hall–Kier alpha value is -1.53. The average molecular weight is 247 g/mol. The van der Waals surface area contributed by atoms with Crippen LogP contribution in [-0.4, -0.2) is 13.7 Å². The minimum atomic E-state index is -0.247. The molecular formula is C15H21NO2. The molecule has 0 radical (unpaired) electrons. The maximum absolute atomic E-state index is 8.88. The summed E-state index contributed by atoms with van der Waals surface area (Å²) in [5.74, 6) is 0.856. The molecule has 0 unspecified atom stereocenters. The first kappa shape index (κ1) is 14.5. The van der Waals surface area contributed by atoms with Crippen molar-refractivity contribution in [3.63, 3.8) is 0 Å². The van der Waals surface area contributed by atoms with Gasteiger partial charge in [-0.05, 0) is 44.4 Å². The summed E-state index contributed by atoms with van der Waals surface area (Å²) in [5.41, 5.74) is 0.888. The summed E-state index contributed by atoms with van der Waals surface area (Å²) in [7, 11) is 1.66. The van der Waals surface area contributed by atoms with Gasteiger partial charge in [0.15, 0.2) is 0 Å². The molecule has 0 N–H and O–H groups in total. The topological polar surface area (TPSA) is 42.2 Å². The van der Waals surface area contributed by atoms with E-state index in [1.165, 1.54) is 0 Å². The summed E-state index contributed by atoms with van der Waals surface area (Å²) in [6, 6.07) is 10.1. The highest BCUT2D eigenvalue weighted by Gasteiger charge is 2.15. The summed E-state index contributed by atoms with van der Waals surface area (Å²) in [4.78, 5) is 0. The molecule has 0 spiro atoms. The molecule has 0 atom stereocenters. The maximum atomic E-state index is 8.88. The smallest absolute Gasteiger partial charge is 0.118 e. The fourth-order valence-electron chi connectivity index (χ4n) is 1.58. The van der Waals surface area contributed by atoms with Crippen LogP contribution in [0.5, 0.6) is 5.75 Å². The molecule has 3 nitrogen and oxygen atoms in total. The molecule has 18 heavy (non-hydrogen) atoms. The third-order valence-electron chi connectivity index (χ3n) is 2.82. The van der Waals surface area contributed by atoms with Crippen LogP contribution < -0.4 is 4.74 Å². The minimum Gasteiger partial charge on any atom is -0.497 e. The second-order valence-corrected chi connectivity index (χ2v) is 5.00. The van der Waals surface area contributed by atoms with Crippen LogP contribution in [0.2, 0.25) is 0 Å². The maximum Gasteiger partial charge on any atom is 0.118 e. The zero-order valence-corrected chi connectivity index (χ0v) is 11.4. The lowest BCUT2D eigenvalue weighted by atomic mass is 9.90. The fraction of sp³-hybridized carbons (Fsp3) is 0.533. The van der Waals surface area contributed by atoms with Gasteiger partial charge in [-0.3, -0.25) is 0 Å². The van der Waals surface area contributed by atoms with Crippen molar-refractivity contribution in [1.82, 2.24) is 0 Å².